The largest absolute Gasteiger partial charge is 0.486 e. The van der Waals surface area contributed by atoms with E-state index in [2.05, 4.69) is 24.1 Å². The summed E-state index contributed by atoms with van der Waals surface area (Å²) in [5.41, 5.74) is 2.96. The Kier molecular flexibility index (Phi) is 5.83. The fraction of sp³-hybridized carbons (Fsp3) is 0.400. The molecular weight excluding hydrogens is 292 g/mol. The Balaban J connectivity index is 1.88. The molecule has 0 unspecified atom stereocenters. The maximum atomic E-state index is 6.25. The molecule has 1 aromatic carbocycles. The van der Waals surface area contributed by atoms with Gasteiger partial charge in [0.2, 0.25) is 0 Å². The van der Waals surface area contributed by atoms with Crippen LogP contribution in [-0.4, -0.2) is 11.5 Å². The second-order valence-corrected chi connectivity index (χ2v) is 6.42. The molecule has 0 radical (unpaired) electrons. The summed E-state index contributed by atoms with van der Waals surface area (Å²) in [5.74, 6) is 1.36. The van der Waals surface area contributed by atoms with E-state index < -0.39 is 0 Å². The SMILES string of the molecule is CC(C)CNCc1ccc(OCc2cncs2)c(Cl)c1. The van der Waals surface area contributed by atoms with Crippen molar-refractivity contribution in [1.29, 1.82) is 0 Å². The third-order valence-corrected chi connectivity index (χ3v) is 3.78. The minimum Gasteiger partial charge on any atom is -0.486 e. The standard InChI is InChI=1S/C15H19ClN2OS/c1-11(2)6-17-7-12-3-4-15(14(16)5-12)19-9-13-8-18-10-20-13/h3-5,8,10-11,17H,6-7,9H2,1-2H3. The van der Waals surface area contributed by atoms with Gasteiger partial charge in [-0.1, -0.05) is 31.5 Å². The van der Waals surface area contributed by atoms with Crippen molar-refractivity contribution >= 4 is 22.9 Å². The molecule has 20 heavy (non-hydrogen) atoms. The second-order valence-electron chi connectivity index (χ2n) is 5.05. The monoisotopic (exact) mass is 310 g/mol. The van der Waals surface area contributed by atoms with E-state index in [9.17, 15) is 0 Å². The number of aromatic nitrogens is 1. The van der Waals surface area contributed by atoms with Crippen LogP contribution in [0, 0.1) is 5.92 Å². The molecule has 1 N–H and O–H groups in total. The quantitative estimate of drug-likeness (QED) is 0.835. The van der Waals surface area contributed by atoms with Crippen molar-refractivity contribution in [1.82, 2.24) is 10.3 Å². The molecular formula is C15H19ClN2OS. The average Bonchev–Trinajstić information content (AvgIpc) is 2.90. The van der Waals surface area contributed by atoms with Crippen molar-refractivity contribution in [2.24, 2.45) is 5.92 Å². The van der Waals surface area contributed by atoms with Crippen LogP contribution in [0.5, 0.6) is 5.75 Å². The molecule has 0 aliphatic rings. The van der Waals surface area contributed by atoms with Gasteiger partial charge in [0.05, 0.1) is 15.4 Å². The first-order valence-corrected chi connectivity index (χ1v) is 7.90. The predicted molar refractivity (Wildman–Crippen MR) is 84.4 cm³/mol. The van der Waals surface area contributed by atoms with E-state index in [0.717, 1.165) is 18.0 Å². The Labute approximate surface area is 129 Å². The van der Waals surface area contributed by atoms with Crippen molar-refractivity contribution in [3.05, 3.63) is 45.4 Å². The molecule has 108 valence electrons. The van der Waals surface area contributed by atoms with Crippen molar-refractivity contribution in [3.8, 4) is 5.75 Å². The average molecular weight is 311 g/mol. The number of nitrogens with zero attached hydrogens (tertiary/aromatic N) is 1. The van der Waals surface area contributed by atoms with Gasteiger partial charge < -0.3 is 10.1 Å². The van der Waals surface area contributed by atoms with Gasteiger partial charge in [0.15, 0.2) is 0 Å². The second kappa shape index (κ2) is 7.62. The van der Waals surface area contributed by atoms with Crippen molar-refractivity contribution < 1.29 is 4.74 Å². The first-order valence-electron chi connectivity index (χ1n) is 6.64. The van der Waals surface area contributed by atoms with Crippen molar-refractivity contribution in [2.45, 2.75) is 27.0 Å². The number of ether oxygens (including phenoxy) is 1. The summed E-state index contributed by atoms with van der Waals surface area (Å²) in [5, 5.41) is 4.05. The van der Waals surface area contributed by atoms with Crippen LogP contribution < -0.4 is 10.1 Å². The summed E-state index contributed by atoms with van der Waals surface area (Å²) in [6.45, 7) is 6.72. The van der Waals surface area contributed by atoms with Crippen LogP contribution in [0.3, 0.4) is 0 Å². The van der Waals surface area contributed by atoms with Crippen LogP contribution in [0.2, 0.25) is 5.02 Å². The maximum Gasteiger partial charge on any atom is 0.138 e. The number of halogens is 1. The van der Waals surface area contributed by atoms with E-state index in [1.807, 2.05) is 24.4 Å². The lowest BCUT2D eigenvalue weighted by Gasteiger charge is -2.10. The normalized spacial score (nSPS) is 11.0. The molecule has 5 heteroatoms. The van der Waals surface area contributed by atoms with Crippen molar-refractivity contribution in [2.75, 3.05) is 6.54 Å². The van der Waals surface area contributed by atoms with Crippen LogP contribution in [0.15, 0.2) is 29.9 Å². The fourth-order valence-corrected chi connectivity index (χ4v) is 2.50. The Bertz CT molecular complexity index is 529. The van der Waals surface area contributed by atoms with E-state index in [0.29, 0.717) is 23.3 Å². The number of nitrogens with one attached hydrogen (secondary N) is 1. The topological polar surface area (TPSA) is 34.1 Å². The van der Waals surface area contributed by atoms with Gasteiger partial charge in [-0.15, -0.1) is 11.3 Å². The first-order chi connectivity index (χ1) is 9.65. The smallest absolute Gasteiger partial charge is 0.138 e. The molecule has 0 aliphatic heterocycles. The van der Waals surface area contributed by atoms with Gasteiger partial charge in [-0.2, -0.15) is 0 Å². The molecule has 0 atom stereocenters. The minimum atomic E-state index is 0.509. The number of thiazole rings is 1. The highest BCUT2D eigenvalue weighted by molar-refractivity contribution is 7.09. The highest BCUT2D eigenvalue weighted by atomic mass is 35.5. The molecule has 0 bridgehead atoms. The van der Waals surface area contributed by atoms with Crippen molar-refractivity contribution in [3.63, 3.8) is 0 Å². The molecule has 0 saturated heterocycles. The number of rotatable bonds is 7. The van der Waals surface area contributed by atoms with Gasteiger partial charge in [0, 0.05) is 12.7 Å². The molecule has 2 aromatic rings. The van der Waals surface area contributed by atoms with Crippen LogP contribution in [0.4, 0.5) is 0 Å². The molecule has 1 heterocycles. The molecule has 2 rings (SSSR count). The van der Waals surface area contributed by atoms with Gasteiger partial charge in [0.1, 0.15) is 12.4 Å². The Hall–Kier alpha value is -1.10. The summed E-state index contributed by atoms with van der Waals surface area (Å²) in [6.07, 6.45) is 1.81. The lowest BCUT2D eigenvalue weighted by Crippen LogP contribution is -2.18. The van der Waals surface area contributed by atoms with E-state index in [4.69, 9.17) is 16.3 Å². The van der Waals surface area contributed by atoms with E-state index in [1.165, 1.54) is 5.56 Å². The van der Waals surface area contributed by atoms with E-state index >= 15 is 0 Å². The fourth-order valence-electron chi connectivity index (χ4n) is 1.74. The molecule has 3 nitrogen and oxygen atoms in total. The third kappa shape index (κ3) is 4.78. The molecule has 0 fully saturated rings. The molecule has 1 aromatic heterocycles. The lowest BCUT2D eigenvalue weighted by molar-refractivity contribution is 0.309. The lowest BCUT2D eigenvalue weighted by atomic mass is 10.2. The zero-order valence-electron chi connectivity index (χ0n) is 11.7. The van der Waals surface area contributed by atoms with Crippen LogP contribution >= 0.6 is 22.9 Å². The Morgan fingerprint density at radius 3 is 2.90 bits per heavy atom. The molecule has 0 saturated carbocycles. The third-order valence-electron chi connectivity index (χ3n) is 2.73. The summed E-state index contributed by atoms with van der Waals surface area (Å²) in [7, 11) is 0. The Morgan fingerprint density at radius 1 is 1.40 bits per heavy atom. The van der Waals surface area contributed by atoms with Gasteiger partial charge in [-0.25, -0.2) is 0 Å². The summed E-state index contributed by atoms with van der Waals surface area (Å²) in [6, 6.07) is 5.92. The highest BCUT2D eigenvalue weighted by Gasteiger charge is 2.04. The predicted octanol–water partition coefficient (Wildman–Crippen LogP) is 4.12. The van der Waals surface area contributed by atoms with E-state index in [-0.39, 0.29) is 0 Å². The zero-order valence-corrected chi connectivity index (χ0v) is 13.3. The van der Waals surface area contributed by atoms with Crippen LogP contribution in [0.25, 0.3) is 0 Å². The first kappa shape index (κ1) is 15.3. The number of hydrogen-bond acceptors (Lipinski definition) is 4. The summed E-state index contributed by atoms with van der Waals surface area (Å²) < 4.78 is 5.70. The number of hydrogen-bond donors (Lipinski definition) is 1. The minimum absolute atomic E-state index is 0.509. The number of benzene rings is 1. The molecule has 0 amide bonds. The summed E-state index contributed by atoms with van der Waals surface area (Å²) in [4.78, 5) is 5.10. The van der Waals surface area contributed by atoms with Gasteiger partial charge in [0.25, 0.3) is 0 Å². The van der Waals surface area contributed by atoms with Gasteiger partial charge in [-0.05, 0) is 30.2 Å². The molecule has 0 aliphatic carbocycles. The summed E-state index contributed by atoms with van der Waals surface area (Å²) >= 11 is 7.82. The molecule has 0 spiro atoms. The van der Waals surface area contributed by atoms with Gasteiger partial charge in [-0.3, -0.25) is 4.98 Å². The van der Waals surface area contributed by atoms with Gasteiger partial charge >= 0.3 is 0 Å². The van der Waals surface area contributed by atoms with E-state index in [1.54, 1.807) is 16.8 Å². The van der Waals surface area contributed by atoms with Crippen LogP contribution in [0.1, 0.15) is 24.3 Å². The zero-order chi connectivity index (χ0) is 14.4. The highest BCUT2D eigenvalue weighted by Crippen LogP contribution is 2.26. The Morgan fingerprint density at radius 2 is 2.25 bits per heavy atom. The van der Waals surface area contributed by atoms with Crippen LogP contribution in [-0.2, 0) is 13.2 Å². The maximum absolute atomic E-state index is 6.25.